The highest BCUT2D eigenvalue weighted by Gasteiger charge is 2.30. The fourth-order valence-corrected chi connectivity index (χ4v) is 3.94. The average molecular weight is 368 g/mol. The number of nitrogens with one attached hydrogen (secondary N) is 1. The fraction of sp³-hybridized carbons (Fsp3) is 0.333. The van der Waals surface area contributed by atoms with Gasteiger partial charge in [0.1, 0.15) is 5.75 Å². The van der Waals surface area contributed by atoms with Crippen LogP contribution in [0.4, 0.5) is 0 Å². The number of hydroxylamine groups is 1. The van der Waals surface area contributed by atoms with Gasteiger partial charge >= 0.3 is 0 Å². The molecule has 2 heterocycles. The predicted octanol–water partition coefficient (Wildman–Crippen LogP) is 0.297. The number of carbonyl (C=O) groups is 1. The van der Waals surface area contributed by atoms with Gasteiger partial charge in [-0.2, -0.15) is 4.31 Å². The lowest BCUT2D eigenvalue weighted by atomic mass is 10.2. The Morgan fingerprint density at radius 2 is 1.96 bits per heavy atom. The number of imidazole rings is 1. The molecule has 0 atom stereocenters. The van der Waals surface area contributed by atoms with Crippen LogP contribution in [-0.4, -0.2) is 47.5 Å². The number of methoxy groups -OCH3 is 1. The molecule has 25 heavy (non-hydrogen) atoms. The molecule has 0 unspecified atom stereocenters. The van der Waals surface area contributed by atoms with E-state index >= 15 is 0 Å². The summed E-state index contributed by atoms with van der Waals surface area (Å²) in [5.74, 6) is 0.639. The first-order valence-corrected chi connectivity index (χ1v) is 8.84. The number of ether oxygens (including phenoxy) is 1. The summed E-state index contributed by atoms with van der Waals surface area (Å²) in [6.07, 6.45) is 2.59. The Hall–Kier alpha value is -2.43. The van der Waals surface area contributed by atoms with Crippen molar-refractivity contribution in [3.8, 4) is 5.75 Å². The van der Waals surface area contributed by atoms with E-state index in [9.17, 15) is 8.42 Å². The monoisotopic (exact) mass is 368 g/mol. The highest BCUT2D eigenvalue weighted by molar-refractivity contribution is 7.89. The number of aromatic nitrogens is 2. The number of hydrogen-bond acceptors (Lipinski definition) is 6. The van der Waals surface area contributed by atoms with E-state index in [-0.39, 0.29) is 11.3 Å². The molecular formula is C15H20N4O5S. The van der Waals surface area contributed by atoms with Gasteiger partial charge in [0.25, 0.3) is 0 Å². The van der Waals surface area contributed by atoms with Crippen LogP contribution in [0.2, 0.25) is 0 Å². The predicted molar refractivity (Wildman–Crippen MR) is 88.5 cm³/mol. The molecule has 0 radical (unpaired) electrons. The van der Waals surface area contributed by atoms with E-state index in [2.05, 4.69) is 4.98 Å². The van der Waals surface area contributed by atoms with E-state index in [1.54, 1.807) is 37.7 Å². The number of nitrogens with zero attached hydrogens (tertiary/aromatic N) is 3. The summed E-state index contributed by atoms with van der Waals surface area (Å²) in [5, 5.41) is 7.26. The van der Waals surface area contributed by atoms with Crippen LogP contribution in [0.15, 0.2) is 35.5 Å². The zero-order valence-electron chi connectivity index (χ0n) is 13.9. The van der Waals surface area contributed by atoms with Gasteiger partial charge in [-0.1, -0.05) is 0 Å². The van der Waals surface area contributed by atoms with E-state index in [1.165, 1.54) is 9.79 Å². The van der Waals surface area contributed by atoms with E-state index in [0.717, 1.165) is 11.4 Å². The number of carbonyl (C=O) groups excluding carboxylic acids is 1. The van der Waals surface area contributed by atoms with Crippen molar-refractivity contribution in [1.82, 2.24) is 19.3 Å². The van der Waals surface area contributed by atoms with Crippen LogP contribution in [0, 0.1) is 0 Å². The molecule has 2 aromatic rings. The van der Waals surface area contributed by atoms with Crippen molar-refractivity contribution in [2.24, 2.45) is 7.05 Å². The van der Waals surface area contributed by atoms with Crippen LogP contribution in [0.1, 0.15) is 11.4 Å². The van der Waals surface area contributed by atoms with Crippen LogP contribution in [0.25, 0.3) is 0 Å². The number of fused-ring (bicyclic) bond motifs is 1. The number of aryl methyl sites for hydroxylation is 1. The standard InChI is InChI=1S/C14H17N3O3S.CH3NO2/c1-16-10-15-13-9-17(8-7-14(13)16)21(18,19)12-5-3-11(20-2)4-6-12;3-1-2-4/h3-6,10H,7-9H2,1-2H3;1,4H,(H,2,3). The largest absolute Gasteiger partial charge is 0.497 e. The van der Waals surface area contributed by atoms with E-state index < -0.39 is 10.0 Å². The summed E-state index contributed by atoms with van der Waals surface area (Å²) in [5.41, 5.74) is 3.19. The zero-order chi connectivity index (χ0) is 18.4. The minimum absolute atomic E-state index is 0.181. The first-order valence-electron chi connectivity index (χ1n) is 7.40. The maximum atomic E-state index is 12.7. The van der Waals surface area contributed by atoms with Crippen molar-refractivity contribution in [2.45, 2.75) is 17.9 Å². The molecule has 2 N–H and O–H groups in total. The minimum Gasteiger partial charge on any atom is -0.497 e. The molecular weight excluding hydrogens is 348 g/mol. The molecule has 0 saturated carbocycles. The molecule has 10 heteroatoms. The van der Waals surface area contributed by atoms with Crippen LogP contribution in [0.3, 0.4) is 0 Å². The molecule has 3 rings (SSSR count). The van der Waals surface area contributed by atoms with Crippen molar-refractivity contribution in [1.29, 1.82) is 0 Å². The van der Waals surface area contributed by atoms with Gasteiger partial charge in [-0.05, 0) is 24.3 Å². The SMILES string of the molecule is COc1ccc(S(=O)(=O)N2CCc3c(ncn3C)C2)cc1.O=CNO. The molecule has 1 aliphatic heterocycles. The highest BCUT2D eigenvalue weighted by atomic mass is 32.2. The number of benzene rings is 1. The van der Waals surface area contributed by atoms with Gasteiger partial charge in [-0.3, -0.25) is 10.0 Å². The molecule has 0 aliphatic carbocycles. The molecule has 0 spiro atoms. The lowest BCUT2D eigenvalue weighted by Gasteiger charge is -2.26. The van der Waals surface area contributed by atoms with Crippen LogP contribution in [0.5, 0.6) is 5.75 Å². The quantitative estimate of drug-likeness (QED) is 0.456. The summed E-state index contributed by atoms with van der Waals surface area (Å²) < 4.78 is 33.8. The maximum absolute atomic E-state index is 12.7. The Bertz CT molecular complexity index is 817. The molecule has 0 saturated heterocycles. The molecule has 1 aliphatic rings. The second-order valence-corrected chi connectivity index (χ2v) is 7.20. The zero-order valence-corrected chi connectivity index (χ0v) is 14.7. The topological polar surface area (TPSA) is 114 Å². The minimum atomic E-state index is -3.49. The lowest BCUT2D eigenvalue weighted by molar-refractivity contribution is -0.116. The Morgan fingerprint density at radius 1 is 1.32 bits per heavy atom. The lowest BCUT2D eigenvalue weighted by Crippen LogP contribution is -2.36. The molecule has 136 valence electrons. The molecule has 0 bridgehead atoms. The smallest absolute Gasteiger partial charge is 0.243 e. The highest BCUT2D eigenvalue weighted by Crippen LogP contribution is 2.25. The van der Waals surface area contributed by atoms with Gasteiger partial charge in [-0.15, -0.1) is 0 Å². The summed E-state index contributed by atoms with van der Waals surface area (Å²) >= 11 is 0. The maximum Gasteiger partial charge on any atom is 0.243 e. The van der Waals surface area contributed by atoms with Gasteiger partial charge in [0.15, 0.2) is 0 Å². The van der Waals surface area contributed by atoms with Gasteiger partial charge in [0.05, 0.1) is 30.6 Å². The second kappa shape index (κ2) is 8.10. The Labute approximate surface area is 145 Å². The van der Waals surface area contributed by atoms with Crippen LogP contribution >= 0.6 is 0 Å². The molecule has 0 fully saturated rings. The van der Waals surface area contributed by atoms with Crippen molar-refractivity contribution < 1.29 is 23.2 Å². The second-order valence-electron chi connectivity index (χ2n) is 5.26. The van der Waals surface area contributed by atoms with Crippen molar-refractivity contribution in [3.05, 3.63) is 42.0 Å². The number of rotatable bonds is 4. The third kappa shape index (κ3) is 4.16. The van der Waals surface area contributed by atoms with Crippen molar-refractivity contribution in [3.63, 3.8) is 0 Å². The molecule has 1 aromatic heterocycles. The first-order chi connectivity index (χ1) is 11.9. The normalized spacial score (nSPS) is 14.0. The van der Waals surface area contributed by atoms with Gasteiger partial charge in [0.2, 0.25) is 16.4 Å². The third-order valence-electron chi connectivity index (χ3n) is 3.82. The fourth-order valence-electron chi connectivity index (χ4n) is 2.54. The summed E-state index contributed by atoms with van der Waals surface area (Å²) in [6, 6.07) is 6.45. The Balaban J connectivity index is 0.000000511. The van der Waals surface area contributed by atoms with Crippen LogP contribution in [-0.2, 0) is 34.8 Å². The Kier molecular flexibility index (Phi) is 6.12. The summed E-state index contributed by atoms with van der Waals surface area (Å²) in [4.78, 5) is 13.4. The molecule has 1 amide bonds. The van der Waals surface area contributed by atoms with E-state index in [0.29, 0.717) is 25.3 Å². The average Bonchev–Trinajstić information content (AvgIpc) is 3.02. The summed E-state index contributed by atoms with van der Waals surface area (Å²) in [6.45, 7) is 0.797. The first kappa shape index (κ1) is 18.9. The number of hydrogen-bond donors (Lipinski definition) is 2. The third-order valence-corrected chi connectivity index (χ3v) is 5.68. The van der Waals surface area contributed by atoms with Gasteiger partial charge in [-0.25, -0.2) is 18.9 Å². The van der Waals surface area contributed by atoms with Crippen molar-refractivity contribution in [2.75, 3.05) is 13.7 Å². The van der Waals surface area contributed by atoms with E-state index in [4.69, 9.17) is 14.7 Å². The summed E-state index contributed by atoms with van der Waals surface area (Å²) in [7, 11) is -0.00960. The van der Waals surface area contributed by atoms with Gasteiger partial charge in [0, 0.05) is 25.7 Å². The van der Waals surface area contributed by atoms with Crippen molar-refractivity contribution >= 4 is 16.4 Å². The van der Waals surface area contributed by atoms with E-state index in [1.807, 2.05) is 11.6 Å². The molecule has 1 aromatic carbocycles. The number of amides is 1. The number of sulfonamides is 1. The van der Waals surface area contributed by atoms with Gasteiger partial charge < -0.3 is 9.30 Å². The Morgan fingerprint density at radius 3 is 2.52 bits per heavy atom. The molecule has 9 nitrogen and oxygen atoms in total. The van der Waals surface area contributed by atoms with Crippen LogP contribution < -0.4 is 10.2 Å².